The SMILES string of the molecule is CC1COc2c(cc(Cl)c3ccccc23)C1N. The number of halogens is 1. The zero-order valence-electron chi connectivity index (χ0n) is 9.61. The molecule has 2 nitrogen and oxygen atoms in total. The molecular weight excluding hydrogens is 234 g/mol. The summed E-state index contributed by atoms with van der Waals surface area (Å²) < 4.78 is 5.84. The third kappa shape index (κ3) is 1.60. The van der Waals surface area contributed by atoms with Crippen molar-refractivity contribution in [2.75, 3.05) is 6.61 Å². The van der Waals surface area contributed by atoms with E-state index < -0.39 is 0 Å². The third-order valence-electron chi connectivity index (χ3n) is 3.44. The molecule has 1 aliphatic heterocycles. The molecule has 2 N–H and O–H groups in total. The predicted molar refractivity (Wildman–Crippen MR) is 70.5 cm³/mol. The van der Waals surface area contributed by atoms with Crippen molar-refractivity contribution >= 4 is 22.4 Å². The van der Waals surface area contributed by atoms with Gasteiger partial charge in [0.25, 0.3) is 0 Å². The third-order valence-corrected chi connectivity index (χ3v) is 3.75. The van der Waals surface area contributed by atoms with E-state index >= 15 is 0 Å². The average Bonchev–Trinajstić information content (AvgIpc) is 2.35. The largest absolute Gasteiger partial charge is 0.492 e. The Hall–Kier alpha value is -1.25. The van der Waals surface area contributed by atoms with Crippen molar-refractivity contribution in [3.63, 3.8) is 0 Å². The van der Waals surface area contributed by atoms with Crippen LogP contribution in [0.15, 0.2) is 30.3 Å². The van der Waals surface area contributed by atoms with Crippen molar-refractivity contribution < 1.29 is 4.74 Å². The lowest BCUT2D eigenvalue weighted by atomic mass is 9.90. The highest BCUT2D eigenvalue weighted by Crippen LogP contribution is 2.42. The van der Waals surface area contributed by atoms with Gasteiger partial charge in [0.05, 0.1) is 6.61 Å². The van der Waals surface area contributed by atoms with Crippen LogP contribution in [0.25, 0.3) is 10.8 Å². The van der Waals surface area contributed by atoms with E-state index in [4.69, 9.17) is 22.1 Å². The highest BCUT2D eigenvalue weighted by atomic mass is 35.5. The second-order valence-electron chi connectivity index (χ2n) is 4.64. The van der Waals surface area contributed by atoms with Crippen molar-refractivity contribution in [2.24, 2.45) is 11.7 Å². The molecular formula is C14H14ClNO. The van der Waals surface area contributed by atoms with Crippen molar-refractivity contribution in [2.45, 2.75) is 13.0 Å². The molecule has 0 saturated carbocycles. The van der Waals surface area contributed by atoms with Crippen LogP contribution < -0.4 is 10.5 Å². The summed E-state index contributed by atoms with van der Waals surface area (Å²) in [4.78, 5) is 0. The van der Waals surface area contributed by atoms with Crippen LogP contribution in [0.3, 0.4) is 0 Å². The minimum Gasteiger partial charge on any atom is -0.492 e. The molecule has 0 fully saturated rings. The first-order chi connectivity index (χ1) is 8.18. The quantitative estimate of drug-likeness (QED) is 0.773. The van der Waals surface area contributed by atoms with Crippen molar-refractivity contribution in [1.29, 1.82) is 0 Å². The average molecular weight is 248 g/mol. The fraction of sp³-hybridized carbons (Fsp3) is 0.286. The van der Waals surface area contributed by atoms with Crippen LogP contribution in [-0.2, 0) is 0 Å². The molecule has 0 aromatic heterocycles. The molecule has 88 valence electrons. The number of rotatable bonds is 0. The van der Waals surface area contributed by atoms with Gasteiger partial charge in [0.2, 0.25) is 0 Å². The molecule has 1 aliphatic rings. The van der Waals surface area contributed by atoms with Crippen molar-refractivity contribution in [3.05, 3.63) is 40.9 Å². The number of hydrogen-bond acceptors (Lipinski definition) is 2. The maximum absolute atomic E-state index is 6.30. The maximum Gasteiger partial charge on any atom is 0.132 e. The molecule has 0 aliphatic carbocycles. The fourth-order valence-corrected chi connectivity index (χ4v) is 2.64. The molecule has 3 heteroatoms. The lowest BCUT2D eigenvalue weighted by Crippen LogP contribution is -2.29. The Balaban J connectivity index is 2.34. The smallest absolute Gasteiger partial charge is 0.132 e. The standard InChI is InChI=1S/C14H14ClNO/c1-8-7-17-14-10-5-3-2-4-9(10)12(15)6-11(14)13(8)16/h2-6,8,13H,7,16H2,1H3. The van der Waals surface area contributed by atoms with E-state index in [1.54, 1.807) is 0 Å². The number of fused-ring (bicyclic) bond motifs is 3. The molecule has 0 bridgehead atoms. The highest BCUT2D eigenvalue weighted by molar-refractivity contribution is 6.36. The van der Waals surface area contributed by atoms with Crippen molar-refractivity contribution in [3.8, 4) is 5.75 Å². The Bertz CT molecular complexity index is 582. The van der Waals surface area contributed by atoms with Crippen LogP contribution in [-0.4, -0.2) is 6.61 Å². The molecule has 0 amide bonds. The monoisotopic (exact) mass is 247 g/mol. The second-order valence-corrected chi connectivity index (χ2v) is 5.04. The molecule has 2 aromatic rings. The van der Waals surface area contributed by atoms with Gasteiger partial charge in [0.1, 0.15) is 5.75 Å². The van der Waals surface area contributed by atoms with Crippen LogP contribution >= 0.6 is 11.6 Å². The Labute approximate surface area is 105 Å². The Morgan fingerprint density at radius 2 is 2.00 bits per heavy atom. The van der Waals surface area contributed by atoms with E-state index in [0.29, 0.717) is 12.5 Å². The van der Waals surface area contributed by atoms with Crippen LogP contribution in [0, 0.1) is 5.92 Å². The fourth-order valence-electron chi connectivity index (χ4n) is 2.36. The van der Waals surface area contributed by atoms with Crippen LogP contribution in [0.5, 0.6) is 5.75 Å². The molecule has 3 rings (SSSR count). The maximum atomic E-state index is 6.30. The van der Waals surface area contributed by atoms with Gasteiger partial charge >= 0.3 is 0 Å². The van der Waals surface area contributed by atoms with E-state index in [-0.39, 0.29) is 6.04 Å². The topological polar surface area (TPSA) is 35.2 Å². The lowest BCUT2D eigenvalue weighted by Gasteiger charge is -2.30. The van der Waals surface area contributed by atoms with Gasteiger partial charge in [0, 0.05) is 33.3 Å². The van der Waals surface area contributed by atoms with Gasteiger partial charge in [-0.05, 0) is 6.07 Å². The Kier molecular flexibility index (Phi) is 2.49. The molecule has 0 saturated heterocycles. The van der Waals surface area contributed by atoms with E-state index in [1.807, 2.05) is 30.3 Å². The summed E-state index contributed by atoms with van der Waals surface area (Å²) in [6.45, 7) is 2.76. The van der Waals surface area contributed by atoms with E-state index in [0.717, 1.165) is 27.1 Å². The molecule has 2 atom stereocenters. The Morgan fingerprint density at radius 3 is 2.76 bits per heavy atom. The van der Waals surface area contributed by atoms with Gasteiger partial charge in [-0.1, -0.05) is 42.8 Å². The summed E-state index contributed by atoms with van der Waals surface area (Å²) in [5, 5.41) is 2.82. The first-order valence-corrected chi connectivity index (χ1v) is 6.16. The summed E-state index contributed by atoms with van der Waals surface area (Å²) in [7, 11) is 0. The summed E-state index contributed by atoms with van der Waals surface area (Å²) in [6, 6.07) is 9.95. The van der Waals surface area contributed by atoms with E-state index in [2.05, 4.69) is 6.92 Å². The van der Waals surface area contributed by atoms with Gasteiger partial charge in [-0.3, -0.25) is 0 Å². The van der Waals surface area contributed by atoms with Crippen LogP contribution in [0.4, 0.5) is 0 Å². The second kappa shape index (κ2) is 3.90. The number of ether oxygens (including phenoxy) is 1. The first-order valence-electron chi connectivity index (χ1n) is 5.78. The zero-order valence-corrected chi connectivity index (χ0v) is 10.4. The van der Waals surface area contributed by atoms with Gasteiger partial charge in [-0.15, -0.1) is 0 Å². The molecule has 2 aromatic carbocycles. The molecule has 0 spiro atoms. The number of benzene rings is 2. The molecule has 17 heavy (non-hydrogen) atoms. The van der Waals surface area contributed by atoms with Crippen molar-refractivity contribution in [1.82, 2.24) is 0 Å². The first kappa shape index (κ1) is 10.9. The Morgan fingerprint density at radius 1 is 1.29 bits per heavy atom. The van der Waals surface area contributed by atoms with Gasteiger partial charge in [-0.2, -0.15) is 0 Å². The minimum absolute atomic E-state index is 0.000793. The predicted octanol–water partition coefficient (Wildman–Crippen LogP) is 3.52. The number of hydrogen-bond donors (Lipinski definition) is 1. The highest BCUT2D eigenvalue weighted by Gasteiger charge is 2.27. The van der Waals surface area contributed by atoms with Crippen LogP contribution in [0.2, 0.25) is 5.02 Å². The molecule has 1 heterocycles. The van der Waals surface area contributed by atoms with Crippen LogP contribution in [0.1, 0.15) is 18.5 Å². The van der Waals surface area contributed by atoms with Gasteiger partial charge < -0.3 is 10.5 Å². The van der Waals surface area contributed by atoms with Gasteiger partial charge in [0.15, 0.2) is 0 Å². The normalized spacial score (nSPS) is 23.2. The number of nitrogens with two attached hydrogens (primary N) is 1. The minimum atomic E-state index is 0.000793. The van der Waals surface area contributed by atoms with Gasteiger partial charge in [-0.25, -0.2) is 0 Å². The van der Waals surface area contributed by atoms with E-state index in [1.165, 1.54) is 0 Å². The summed E-state index contributed by atoms with van der Waals surface area (Å²) >= 11 is 6.30. The molecule has 2 unspecified atom stereocenters. The summed E-state index contributed by atoms with van der Waals surface area (Å²) in [6.07, 6.45) is 0. The zero-order chi connectivity index (χ0) is 12.0. The lowest BCUT2D eigenvalue weighted by molar-refractivity contribution is 0.210. The summed E-state index contributed by atoms with van der Waals surface area (Å²) in [5.74, 6) is 1.22. The molecule has 0 radical (unpaired) electrons. The van der Waals surface area contributed by atoms with E-state index in [9.17, 15) is 0 Å². The summed E-state index contributed by atoms with van der Waals surface area (Å²) in [5.41, 5.74) is 7.23.